The highest BCUT2D eigenvalue weighted by atomic mass is 32.2. The van der Waals surface area contributed by atoms with Crippen LogP contribution in [0, 0.1) is 0 Å². The van der Waals surface area contributed by atoms with E-state index in [1.807, 2.05) is 6.92 Å². The molecule has 2 fully saturated rings. The predicted octanol–water partition coefficient (Wildman–Crippen LogP) is 1.24. The average molecular weight is 489 g/mol. The maximum absolute atomic E-state index is 13.5. The normalized spacial score (nSPS) is 26.5. The maximum atomic E-state index is 13.5. The van der Waals surface area contributed by atoms with Crippen LogP contribution in [0.3, 0.4) is 0 Å². The van der Waals surface area contributed by atoms with Gasteiger partial charge in [-0.15, -0.1) is 0 Å². The number of ether oxygens (including phenoxy) is 1. The van der Waals surface area contributed by atoms with E-state index in [4.69, 9.17) is 4.74 Å². The van der Waals surface area contributed by atoms with Crippen molar-refractivity contribution in [2.24, 2.45) is 7.05 Å². The number of amides is 3. The standard InChI is InChI=1S/C23H30N5O5S/c1-23(8-9-23)25-34(31,32)18-6-7-20-19(11-18)21(29)28(14-16-12-24-26(2)13-16)22(30)27(20)15-17-5-3-4-10-33-17/h6-7,11-13,17-18,25H,3-5,8-10,14-15H2,1-2H3/q+1. The molecule has 5 rings (SSSR count). The summed E-state index contributed by atoms with van der Waals surface area (Å²) in [6, 6.07) is -0.440. The van der Waals surface area contributed by atoms with Crippen molar-refractivity contribution in [2.45, 2.75) is 62.5 Å². The smallest absolute Gasteiger partial charge is 0.374 e. The van der Waals surface area contributed by atoms with Crippen molar-refractivity contribution >= 4 is 27.7 Å². The van der Waals surface area contributed by atoms with Crippen molar-refractivity contribution in [3.8, 4) is 0 Å². The summed E-state index contributed by atoms with van der Waals surface area (Å²) in [7, 11) is -1.96. The predicted molar refractivity (Wildman–Crippen MR) is 124 cm³/mol. The van der Waals surface area contributed by atoms with Crippen molar-refractivity contribution in [3.05, 3.63) is 41.8 Å². The molecule has 3 amide bonds. The van der Waals surface area contributed by atoms with Gasteiger partial charge in [0.05, 0.1) is 12.3 Å². The lowest BCUT2D eigenvalue weighted by atomic mass is 9.98. The van der Waals surface area contributed by atoms with Gasteiger partial charge in [-0.1, -0.05) is 6.08 Å². The lowest BCUT2D eigenvalue weighted by Crippen LogP contribution is -2.53. The third-order valence-electron chi connectivity index (χ3n) is 6.79. The number of nitrogens with one attached hydrogen (secondary N) is 1. The molecular weight excluding hydrogens is 458 g/mol. The Bertz CT molecular complexity index is 1220. The molecule has 0 aromatic carbocycles. The van der Waals surface area contributed by atoms with Gasteiger partial charge in [0.25, 0.3) is 0 Å². The van der Waals surface area contributed by atoms with Crippen LogP contribution in [0.5, 0.6) is 0 Å². The van der Waals surface area contributed by atoms with E-state index in [-0.39, 0.29) is 18.2 Å². The fourth-order valence-corrected chi connectivity index (χ4v) is 6.21. The van der Waals surface area contributed by atoms with E-state index in [1.165, 1.54) is 6.08 Å². The second-order valence-electron chi connectivity index (χ2n) is 9.79. The van der Waals surface area contributed by atoms with E-state index < -0.39 is 32.8 Å². The summed E-state index contributed by atoms with van der Waals surface area (Å²) in [6.07, 6.45) is 12.2. The maximum Gasteiger partial charge on any atom is 0.501 e. The zero-order valence-corrected chi connectivity index (χ0v) is 20.3. The third kappa shape index (κ3) is 4.51. The Morgan fingerprint density at radius 3 is 2.74 bits per heavy atom. The summed E-state index contributed by atoms with van der Waals surface area (Å²) in [5.74, 6) is -0.508. The molecule has 0 bridgehead atoms. The number of sulfonamides is 1. The van der Waals surface area contributed by atoms with Gasteiger partial charge in [-0.25, -0.2) is 17.9 Å². The fourth-order valence-electron chi connectivity index (χ4n) is 4.58. The van der Waals surface area contributed by atoms with Crippen LogP contribution in [0.2, 0.25) is 0 Å². The van der Waals surface area contributed by atoms with Crippen molar-refractivity contribution in [1.82, 2.24) is 19.4 Å². The van der Waals surface area contributed by atoms with Gasteiger partial charge in [0, 0.05) is 31.0 Å². The highest BCUT2D eigenvalue weighted by molar-refractivity contribution is 7.90. The number of nitrogens with zero attached hydrogens (tertiary/aromatic N) is 4. The fraction of sp³-hybridized carbons (Fsp3) is 0.565. The summed E-state index contributed by atoms with van der Waals surface area (Å²) in [5, 5.41) is 3.13. The summed E-state index contributed by atoms with van der Waals surface area (Å²) in [5.41, 5.74) is 0.938. The zero-order valence-electron chi connectivity index (χ0n) is 19.4. The summed E-state index contributed by atoms with van der Waals surface area (Å²) < 4.78 is 37.8. The topological polar surface area (TPSA) is 114 Å². The van der Waals surface area contributed by atoms with Crippen LogP contribution in [0.25, 0.3) is 0 Å². The first-order chi connectivity index (χ1) is 16.2. The number of urea groups is 1. The third-order valence-corrected chi connectivity index (χ3v) is 8.57. The van der Waals surface area contributed by atoms with Crippen LogP contribution in [-0.2, 0) is 33.1 Å². The van der Waals surface area contributed by atoms with Crippen LogP contribution in [0.15, 0.2) is 36.2 Å². The summed E-state index contributed by atoms with van der Waals surface area (Å²) in [4.78, 5) is 28.1. The zero-order chi connectivity index (χ0) is 24.1. The van der Waals surface area contributed by atoms with Gasteiger partial charge >= 0.3 is 11.9 Å². The molecule has 2 aliphatic heterocycles. The van der Waals surface area contributed by atoms with Crippen LogP contribution >= 0.6 is 0 Å². The second kappa shape index (κ2) is 8.54. The molecule has 11 heteroatoms. The molecule has 182 valence electrons. The van der Waals surface area contributed by atoms with Crippen LogP contribution < -0.4 is 4.72 Å². The van der Waals surface area contributed by atoms with Crippen molar-refractivity contribution < 1.29 is 27.3 Å². The van der Waals surface area contributed by atoms with E-state index >= 15 is 0 Å². The number of allylic oxidation sites excluding steroid dienone is 1. The quantitative estimate of drug-likeness (QED) is 0.578. The monoisotopic (exact) mass is 488 g/mol. The molecule has 10 nitrogen and oxygen atoms in total. The Balaban J connectivity index is 1.50. The Hall–Kier alpha value is -2.63. The number of hydrogen-bond acceptors (Lipinski definition) is 6. The molecule has 1 N–H and O–H groups in total. The lowest BCUT2D eigenvalue weighted by molar-refractivity contribution is -0.450. The van der Waals surface area contributed by atoms with Gasteiger partial charge < -0.3 is 4.74 Å². The molecule has 1 saturated heterocycles. The number of aryl methyl sites for hydroxylation is 1. The van der Waals surface area contributed by atoms with Gasteiger partial charge in [0.2, 0.25) is 10.0 Å². The molecule has 0 radical (unpaired) electrons. The molecule has 2 atom stereocenters. The Morgan fingerprint density at radius 2 is 2.09 bits per heavy atom. The molecule has 2 unspecified atom stereocenters. The SMILES string of the molecule is Cn1cc(CN2C(=O)C3=CC(S(=O)(=O)NC4(C)CC4)C=CC3=[N+](CC3CCCCO3)C2=O)cn1. The van der Waals surface area contributed by atoms with E-state index in [2.05, 4.69) is 9.82 Å². The molecule has 1 aromatic rings. The van der Waals surface area contributed by atoms with Crippen LogP contribution in [-0.4, -0.2) is 75.4 Å². The Kier molecular flexibility index (Phi) is 5.81. The molecule has 1 saturated carbocycles. The first-order valence-corrected chi connectivity index (χ1v) is 13.2. The lowest BCUT2D eigenvalue weighted by Gasteiger charge is -2.29. The average Bonchev–Trinajstić information content (AvgIpc) is 3.37. The van der Waals surface area contributed by atoms with Gasteiger partial charge in [0.1, 0.15) is 29.6 Å². The molecule has 3 heterocycles. The minimum Gasteiger partial charge on any atom is -0.374 e. The summed E-state index contributed by atoms with van der Waals surface area (Å²) in [6.45, 7) is 2.87. The van der Waals surface area contributed by atoms with E-state index in [0.717, 1.165) is 37.0 Å². The number of imide groups is 1. The van der Waals surface area contributed by atoms with Crippen LogP contribution in [0.1, 0.15) is 44.6 Å². The number of aromatic nitrogens is 2. The van der Waals surface area contributed by atoms with Gasteiger partial charge in [-0.3, -0.25) is 4.68 Å². The number of carbonyl (C=O) groups is 2. The molecule has 4 aliphatic rings. The van der Waals surface area contributed by atoms with E-state index in [0.29, 0.717) is 24.4 Å². The van der Waals surface area contributed by atoms with Gasteiger partial charge in [-0.05, 0) is 51.2 Å². The number of carbonyl (C=O) groups excluding carboxylic acids is 2. The minimum absolute atomic E-state index is 0.0512. The summed E-state index contributed by atoms with van der Waals surface area (Å²) >= 11 is 0. The highest BCUT2D eigenvalue weighted by Crippen LogP contribution is 2.36. The van der Waals surface area contributed by atoms with Crippen LogP contribution in [0.4, 0.5) is 4.79 Å². The number of hydrogen-bond donors (Lipinski definition) is 1. The number of rotatable bonds is 7. The van der Waals surface area contributed by atoms with Gasteiger partial charge in [-0.2, -0.15) is 19.4 Å². The van der Waals surface area contributed by atoms with Crippen molar-refractivity contribution in [2.75, 3.05) is 13.2 Å². The molecule has 34 heavy (non-hydrogen) atoms. The highest BCUT2D eigenvalue weighted by Gasteiger charge is 2.48. The molecule has 0 spiro atoms. The van der Waals surface area contributed by atoms with Crippen molar-refractivity contribution in [3.63, 3.8) is 0 Å². The van der Waals surface area contributed by atoms with E-state index in [1.54, 1.807) is 40.9 Å². The molecule has 1 aromatic heterocycles. The van der Waals surface area contributed by atoms with Crippen molar-refractivity contribution in [1.29, 1.82) is 0 Å². The second-order valence-corrected chi connectivity index (χ2v) is 11.6. The van der Waals surface area contributed by atoms with Gasteiger partial charge in [0.15, 0.2) is 0 Å². The number of fused-ring (bicyclic) bond motifs is 1. The first-order valence-electron chi connectivity index (χ1n) is 11.7. The minimum atomic E-state index is -3.72. The Morgan fingerprint density at radius 1 is 1.29 bits per heavy atom. The largest absolute Gasteiger partial charge is 0.501 e. The van der Waals surface area contributed by atoms with E-state index in [9.17, 15) is 18.0 Å². The Labute approximate surface area is 199 Å². The molecular formula is C23H30N5O5S+. The molecule has 2 aliphatic carbocycles. The first kappa shape index (κ1) is 23.1.